The predicted octanol–water partition coefficient (Wildman–Crippen LogP) is 2.42. The monoisotopic (exact) mass is 376 g/mol. The van der Waals surface area contributed by atoms with E-state index < -0.39 is 5.60 Å². The summed E-state index contributed by atoms with van der Waals surface area (Å²) < 4.78 is 5.50. The van der Waals surface area contributed by atoms with Gasteiger partial charge in [0.15, 0.2) is 0 Å². The summed E-state index contributed by atoms with van der Waals surface area (Å²) in [6.45, 7) is 7.75. The summed E-state index contributed by atoms with van der Waals surface area (Å²) >= 11 is 0. The molecule has 4 saturated carbocycles. The van der Waals surface area contributed by atoms with Crippen LogP contribution in [0.2, 0.25) is 0 Å². The van der Waals surface area contributed by atoms with Crippen LogP contribution in [0.4, 0.5) is 0 Å². The van der Waals surface area contributed by atoms with Gasteiger partial charge in [-0.2, -0.15) is 0 Å². The highest BCUT2D eigenvalue weighted by molar-refractivity contribution is 5.83. The van der Waals surface area contributed by atoms with Crippen molar-refractivity contribution < 1.29 is 14.6 Å². The largest absolute Gasteiger partial charge is 0.390 e. The van der Waals surface area contributed by atoms with Gasteiger partial charge in [0.05, 0.1) is 11.0 Å². The van der Waals surface area contributed by atoms with Crippen LogP contribution in [0.1, 0.15) is 64.7 Å². The fourth-order valence-electron chi connectivity index (χ4n) is 7.89. The molecule has 27 heavy (non-hydrogen) atoms. The molecule has 6 fully saturated rings. The number of nitrogens with zero attached hydrogens (tertiary/aromatic N) is 2. The predicted molar refractivity (Wildman–Crippen MR) is 103 cm³/mol. The van der Waals surface area contributed by atoms with Crippen LogP contribution in [0.3, 0.4) is 0 Å². The molecular formula is C22H36N2O3. The molecule has 0 aromatic carbocycles. The summed E-state index contributed by atoms with van der Waals surface area (Å²) in [5.74, 6) is 0.924. The maximum absolute atomic E-state index is 13.7. The van der Waals surface area contributed by atoms with Crippen molar-refractivity contribution in [1.29, 1.82) is 0 Å². The van der Waals surface area contributed by atoms with E-state index in [9.17, 15) is 9.90 Å². The van der Waals surface area contributed by atoms with E-state index in [1.807, 2.05) is 0 Å². The number of aliphatic hydroxyl groups is 1. The number of carbonyl (C=O) groups excluding carboxylic acids is 1. The molecule has 5 heteroatoms. The molecule has 4 unspecified atom stereocenters. The first-order valence-electron chi connectivity index (χ1n) is 11.3. The van der Waals surface area contributed by atoms with Crippen molar-refractivity contribution in [2.75, 3.05) is 39.4 Å². The standard InChI is InChI=1S/C22H36N2O3/c1-2-20-11-17-12-21(14-20,16-22(26,13-17)15-20)19(25)24-7-5-23(6-8-24)18-3-9-27-10-4-18/h17-18,26H,2-16H2,1H3. The summed E-state index contributed by atoms with van der Waals surface area (Å²) in [5.41, 5.74) is -0.631. The summed E-state index contributed by atoms with van der Waals surface area (Å²) in [5, 5.41) is 11.2. The molecule has 0 aromatic rings. The Bertz CT molecular complexity index is 598. The van der Waals surface area contributed by atoms with Crippen molar-refractivity contribution in [3.8, 4) is 0 Å². The Morgan fingerprint density at radius 2 is 1.78 bits per heavy atom. The van der Waals surface area contributed by atoms with Crippen LogP contribution in [-0.2, 0) is 9.53 Å². The third kappa shape index (κ3) is 3.05. The van der Waals surface area contributed by atoms with Gasteiger partial charge in [-0.25, -0.2) is 0 Å². The summed E-state index contributed by atoms with van der Waals surface area (Å²) in [6.07, 6.45) is 9.23. The molecule has 1 amide bonds. The van der Waals surface area contributed by atoms with Crippen molar-refractivity contribution in [2.24, 2.45) is 16.7 Å². The highest BCUT2D eigenvalue weighted by Crippen LogP contribution is 2.68. The molecule has 1 N–H and O–H groups in total. The van der Waals surface area contributed by atoms with Crippen LogP contribution < -0.4 is 0 Å². The van der Waals surface area contributed by atoms with Crippen LogP contribution in [0, 0.1) is 16.7 Å². The molecule has 2 saturated heterocycles. The SMILES string of the molecule is CCC12CC3CC(O)(C1)CC(C(=O)N1CCN(C4CCOCC4)CC1)(C3)C2. The number of hydrogen-bond acceptors (Lipinski definition) is 4. The second-order valence-electron chi connectivity index (χ2n) is 10.5. The maximum atomic E-state index is 13.7. The Labute approximate surface area is 163 Å². The minimum Gasteiger partial charge on any atom is -0.390 e. The van der Waals surface area contributed by atoms with Gasteiger partial charge in [0, 0.05) is 45.4 Å². The molecular weight excluding hydrogens is 340 g/mol. The molecule has 4 aliphatic carbocycles. The van der Waals surface area contributed by atoms with E-state index in [1.54, 1.807) is 0 Å². The molecule has 4 atom stereocenters. The fourth-order valence-corrected chi connectivity index (χ4v) is 7.89. The number of piperazine rings is 1. The molecule has 5 nitrogen and oxygen atoms in total. The third-order valence-corrected chi connectivity index (χ3v) is 8.67. The Kier molecular flexibility index (Phi) is 4.38. The Balaban J connectivity index is 1.29. The Morgan fingerprint density at radius 1 is 1.04 bits per heavy atom. The van der Waals surface area contributed by atoms with Gasteiger partial charge in [0.1, 0.15) is 0 Å². The molecule has 2 heterocycles. The molecule has 2 aliphatic heterocycles. The van der Waals surface area contributed by atoms with E-state index in [4.69, 9.17) is 4.74 Å². The van der Waals surface area contributed by atoms with E-state index >= 15 is 0 Å². The zero-order valence-corrected chi connectivity index (χ0v) is 16.9. The average molecular weight is 377 g/mol. The van der Waals surface area contributed by atoms with E-state index in [2.05, 4.69) is 16.7 Å². The van der Waals surface area contributed by atoms with E-state index in [-0.39, 0.29) is 10.8 Å². The Morgan fingerprint density at radius 3 is 2.44 bits per heavy atom. The lowest BCUT2D eigenvalue weighted by Gasteiger charge is -2.65. The number of rotatable bonds is 3. The summed E-state index contributed by atoms with van der Waals surface area (Å²) in [7, 11) is 0. The van der Waals surface area contributed by atoms with Crippen LogP contribution >= 0.6 is 0 Å². The molecule has 6 rings (SSSR count). The smallest absolute Gasteiger partial charge is 0.229 e. The fraction of sp³-hybridized carbons (Fsp3) is 0.955. The second-order valence-corrected chi connectivity index (χ2v) is 10.5. The van der Waals surface area contributed by atoms with Gasteiger partial charge in [-0.3, -0.25) is 9.69 Å². The molecule has 152 valence electrons. The minimum atomic E-state index is -0.574. The van der Waals surface area contributed by atoms with Crippen LogP contribution in [-0.4, -0.2) is 71.8 Å². The topological polar surface area (TPSA) is 53.0 Å². The second kappa shape index (κ2) is 6.43. The average Bonchev–Trinajstić information content (AvgIpc) is 2.66. The Hall–Kier alpha value is -0.650. The summed E-state index contributed by atoms with van der Waals surface area (Å²) in [4.78, 5) is 18.4. The third-order valence-electron chi connectivity index (χ3n) is 8.67. The van der Waals surface area contributed by atoms with Crippen molar-refractivity contribution in [2.45, 2.75) is 76.4 Å². The van der Waals surface area contributed by atoms with Crippen molar-refractivity contribution in [3.05, 3.63) is 0 Å². The van der Waals surface area contributed by atoms with Gasteiger partial charge in [-0.05, 0) is 62.7 Å². The van der Waals surface area contributed by atoms with Gasteiger partial charge < -0.3 is 14.7 Å². The molecule has 0 spiro atoms. The molecule has 0 radical (unpaired) electrons. The van der Waals surface area contributed by atoms with Gasteiger partial charge in [-0.1, -0.05) is 13.3 Å². The lowest BCUT2D eigenvalue weighted by Crippen LogP contribution is -2.65. The number of ether oxygens (including phenoxy) is 1. The van der Waals surface area contributed by atoms with Crippen molar-refractivity contribution in [3.63, 3.8) is 0 Å². The van der Waals surface area contributed by atoms with Gasteiger partial charge in [-0.15, -0.1) is 0 Å². The van der Waals surface area contributed by atoms with Gasteiger partial charge in [0.2, 0.25) is 5.91 Å². The zero-order chi connectivity index (χ0) is 18.7. The van der Waals surface area contributed by atoms with Crippen LogP contribution in [0.25, 0.3) is 0 Å². The summed E-state index contributed by atoms with van der Waals surface area (Å²) in [6, 6.07) is 0.639. The van der Waals surface area contributed by atoms with Gasteiger partial charge >= 0.3 is 0 Å². The van der Waals surface area contributed by atoms with Crippen LogP contribution in [0.15, 0.2) is 0 Å². The van der Waals surface area contributed by atoms with E-state index in [1.165, 1.54) is 6.42 Å². The number of amides is 1. The number of hydrogen-bond donors (Lipinski definition) is 1. The molecule has 4 bridgehead atoms. The quantitative estimate of drug-likeness (QED) is 0.822. The molecule has 6 aliphatic rings. The highest BCUT2D eigenvalue weighted by Gasteiger charge is 2.65. The van der Waals surface area contributed by atoms with Gasteiger partial charge in [0.25, 0.3) is 0 Å². The first-order chi connectivity index (χ1) is 12.9. The number of carbonyl (C=O) groups is 1. The van der Waals surface area contributed by atoms with Crippen molar-refractivity contribution in [1.82, 2.24) is 9.80 Å². The highest BCUT2D eigenvalue weighted by atomic mass is 16.5. The maximum Gasteiger partial charge on any atom is 0.229 e. The van der Waals surface area contributed by atoms with E-state index in [0.717, 1.165) is 90.8 Å². The van der Waals surface area contributed by atoms with Crippen molar-refractivity contribution >= 4 is 5.91 Å². The first-order valence-corrected chi connectivity index (χ1v) is 11.3. The van der Waals surface area contributed by atoms with Crippen LogP contribution in [0.5, 0.6) is 0 Å². The normalized spacial score (nSPS) is 45.4. The lowest BCUT2D eigenvalue weighted by atomic mass is 9.42. The molecule has 0 aromatic heterocycles. The zero-order valence-electron chi connectivity index (χ0n) is 16.9. The van der Waals surface area contributed by atoms with E-state index in [0.29, 0.717) is 17.9 Å². The minimum absolute atomic E-state index is 0.216. The lowest BCUT2D eigenvalue weighted by molar-refractivity contribution is -0.210. The first kappa shape index (κ1) is 18.4.